The molecule has 0 aromatic heterocycles. The Kier molecular flexibility index (Phi) is 41.3. The van der Waals surface area contributed by atoms with Gasteiger partial charge in [0.2, 0.25) is 0 Å². The molecule has 338 valence electrons. The Morgan fingerprint density at radius 2 is 0.772 bits per heavy atom. The van der Waals surface area contributed by atoms with Crippen molar-refractivity contribution in [1.82, 2.24) is 4.90 Å². The third kappa shape index (κ3) is 37.1. The van der Waals surface area contributed by atoms with E-state index in [1.165, 1.54) is 103 Å². The third-order valence-electron chi connectivity index (χ3n) is 12.1. The lowest BCUT2D eigenvalue weighted by atomic mass is 9.92. The fourth-order valence-electron chi connectivity index (χ4n) is 7.97. The van der Waals surface area contributed by atoms with Crippen LogP contribution in [0.5, 0.6) is 0 Å². The Morgan fingerprint density at radius 3 is 1.16 bits per heavy atom. The van der Waals surface area contributed by atoms with Crippen LogP contribution in [0.4, 0.5) is 0 Å². The van der Waals surface area contributed by atoms with Gasteiger partial charge in [-0.05, 0) is 70.4 Å². The molecule has 7 nitrogen and oxygen atoms in total. The van der Waals surface area contributed by atoms with Crippen LogP contribution in [0, 0.1) is 17.8 Å². The second-order valence-corrected chi connectivity index (χ2v) is 17.5. The summed E-state index contributed by atoms with van der Waals surface area (Å²) in [5.41, 5.74) is 0. The Balaban J connectivity index is 4.41. The lowest BCUT2D eigenvalue weighted by molar-refractivity contribution is -0.149. The molecule has 0 saturated heterocycles. The zero-order chi connectivity index (χ0) is 42.0. The summed E-state index contributed by atoms with van der Waals surface area (Å²) in [6.07, 6.45) is 36.2. The molecule has 0 bridgehead atoms. The van der Waals surface area contributed by atoms with Gasteiger partial charge in [0, 0.05) is 19.4 Å². The zero-order valence-corrected chi connectivity index (χ0v) is 39.0. The second kappa shape index (κ2) is 42.5. The standard InChI is InChI=1S/C50H97NO6/c1-7-12-22-31-45(32-23-13-8-2)39-43-55-48(52)37-28-19-17-16-18-26-35-47(50(54)57-42-30-41-51(6)11-5)36-27-20-21-29-38-49(53)56-44-40-46(33-24-14-9-3)34-25-15-10-4/h45-47H,7-44H2,1-6H3. The molecule has 0 aliphatic carbocycles. The van der Waals surface area contributed by atoms with Gasteiger partial charge in [0.15, 0.2) is 0 Å². The van der Waals surface area contributed by atoms with Crippen molar-refractivity contribution in [1.29, 1.82) is 0 Å². The highest BCUT2D eigenvalue weighted by molar-refractivity contribution is 5.72. The largest absolute Gasteiger partial charge is 0.466 e. The predicted octanol–water partition coefficient (Wildman–Crippen LogP) is 14.4. The molecule has 0 spiro atoms. The SMILES string of the molecule is CCCCCC(CCCCC)CCOC(=O)CCCCCCCCC(CCCCCCC(=O)OCCC(CCCCC)CCCCC)C(=O)OCCCN(C)CC. The fourth-order valence-corrected chi connectivity index (χ4v) is 7.97. The van der Waals surface area contributed by atoms with E-state index >= 15 is 0 Å². The molecule has 0 N–H and O–H groups in total. The van der Waals surface area contributed by atoms with Crippen LogP contribution in [0.3, 0.4) is 0 Å². The average Bonchev–Trinajstić information content (AvgIpc) is 3.20. The topological polar surface area (TPSA) is 82.1 Å². The first-order chi connectivity index (χ1) is 27.8. The lowest BCUT2D eigenvalue weighted by Crippen LogP contribution is -2.23. The van der Waals surface area contributed by atoms with E-state index in [4.69, 9.17) is 14.2 Å². The van der Waals surface area contributed by atoms with E-state index in [9.17, 15) is 14.4 Å². The second-order valence-electron chi connectivity index (χ2n) is 17.5. The minimum atomic E-state index is -0.0549. The van der Waals surface area contributed by atoms with Crippen LogP contribution in [0.15, 0.2) is 0 Å². The Bertz CT molecular complexity index is 876. The van der Waals surface area contributed by atoms with Gasteiger partial charge in [0.25, 0.3) is 0 Å². The first-order valence-corrected chi connectivity index (χ1v) is 25.0. The third-order valence-corrected chi connectivity index (χ3v) is 12.1. The summed E-state index contributed by atoms with van der Waals surface area (Å²) in [6, 6.07) is 0. The van der Waals surface area contributed by atoms with Gasteiger partial charge in [-0.3, -0.25) is 14.4 Å². The highest BCUT2D eigenvalue weighted by Gasteiger charge is 2.20. The fraction of sp³-hybridized carbons (Fsp3) is 0.940. The number of carbonyl (C=O) groups is 3. The van der Waals surface area contributed by atoms with Crippen LogP contribution in [-0.2, 0) is 28.6 Å². The van der Waals surface area contributed by atoms with Crippen molar-refractivity contribution in [3.05, 3.63) is 0 Å². The van der Waals surface area contributed by atoms with E-state index in [0.717, 1.165) is 109 Å². The van der Waals surface area contributed by atoms with Crippen molar-refractivity contribution >= 4 is 17.9 Å². The van der Waals surface area contributed by atoms with Crippen molar-refractivity contribution in [3.8, 4) is 0 Å². The highest BCUT2D eigenvalue weighted by Crippen LogP contribution is 2.24. The lowest BCUT2D eigenvalue weighted by Gasteiger charge is -2.17. The molecule has 0 aromatic rings. The number of nitrogens with zero attached hydrogens (tertiary/aromatic N) is 1. The van der Waals surface area contributed by atoms with Crippen molar-refractivity contribution < 1.29 is 28.6 Å². The molecule has 0 aliphatic rings. The monoisotopic (exact) mass is 808 g/mol. The number of carbonyl (C=O) groups excluding carboxylic acids is 3. The molecule has 0 amide bonds. The highest BCUT2D eigenvalue weighted by atomic mass is 16.5. The van der Waals surface area contributed by atoms with Gasteiger partial charge in [-0.2, -0.15) is 0 Å². The van der Waals surface area contributed by atoms with E-state index in [-0.39, 0.29) is 23.8 Å². The van der Waals surface area contributed by atoms with Crippen LogP contribution < -0.4 is 0 Å². The summed E-state index contributed by atoms with van der Waals surface area (Å²) in [5, 5.41) is 0. The molecule has 0 rings (SSSR count). The van der Waals surface area contributed by atoms with Gasteiger partial charge in [-0.15, -0.1) is 0 Å². The molecule has 1 atom stereocenters. The van der Waals surface area contributed by atoms with E-state index in [2.05, 4.69) is 46.6 Å². The maximum absolute atomic E-state index is 13.1. The Labute approximate surface area is 354 Å². The van der Waals surface area contributed by atoms with Crippen molar-refractivity contribution in [2.45, 2.75) is 247 Å². The Morgan fingerprint density at radius 1 is 0.404 bits per heavy atom. The maximum Gasteiger partial charge on any atom is 0.308 e. The van der Waals surface area contributed by atoms with Crippen LogP contribution in [0.2, 0.25) is 0 Å². The summed E-state index contributed by atoms with van der Waals surface area (Å²) < 4.78 is 17.0. The predicted molar refractivity (Wildman–Crippen MR) is 242 cm³/mol. The number of rotatable bonds is 44. The van der Waals surface area contributed by atoms with Gasteiger partial charge in [-0.25, -0.2) is 0 Å². The smallest absolute Gasteiger partial charge is 0.308 e. The molecule has 0 saturated carbocycles. The van der Waals surface area contributed by atoms with E-state index in [1.807, 2.05) is 0 Å². The summed E-state index contributed by atoms with van der Waals surface area (Å²) in [6.45, 7) is 14.7. The van der Waals surface area contributed by atoms with Crippen molar-refractivity contribution in [2.75, 3.05) is 40.0 Å². The van der Waals surface area contributed by atoms with E-state index in [1.54, 1.807) is 0 Å². The molecule has 1 unspecified atom stereocenters. The van der Waals surface area contributed by atoms with E-state index in [0.29, 0.717) is 44.5 Å². The van der Waals surface area contributed by atoms with Gasteiger partial charge in [0.05, 0.1) is 25.7 Å². The minimum Gasteiger partial charge on any atom is -0.466 e. The average molecular weight is 808 g/mol. The Hall–Kier alpha value is -1.63. The van der Waals surface area contributed by atoms with Crippen LogP contribution in [0.1, 0.15) is 247 Å². The van der Waals surface area contributed by atoms with Gasteiger partial charge >= 0.3 is 17.9 Å². The molecule has 0 radical (unpaired) electrons. The molecule has 0 aromatic carbocycles. The molecular formula is C50H97NO6. The minimum absolute atomic E-state index is 0.0341. The summed E-state index contributed by atoms with van der Waals surface area (Å²) in [7, 11) is 2.10. The quantitative estimate of drug-likeness (QED) is 0.0344. The normalized spacial score (nSPS) is 12.2. The van der Waals surface area contributed by atoms with Crippen LogP contribution in [-0.4, -0.2) is 62.8 Å². The number of hydrogen-bond donors (Lipinski definition) is 0. The van der Waals surface area contributed by atoms with Crippen LogP contribution in [0.25, 0.3) is 0 Å². The van der Waals surface area contributed by atoms with Crippen molar-refractivity contribution in [2.24, 2.45) is 17.8 Å². The molecule has 0 heterocycles. The summed E-state index contributed by atoms with van der Waals surface area (Å²) in [5.74, 6) is 1.21. The van der Waals surface area contributed by atoms with Crippen LogP contribution >= 0.6 is 0 Å². The molecule has 0 aliphatic heterocycles. The van der Waals surface area contributed by atoms with Gasteiger partial charge in [0.1, 0.15) is 0 Å². The van der Waals surface area contributed by atoms with Gasteiger partial charge < -0.3 is 19.1 Å². The number of ether oxygens (including phenoxy) is 3. The molecule has 57 heavy (non-hydrogen) atoms. The zero-order valence-electron chi connectivity index (χ0n) is 39.0. The summed E-state index contributed by atoms with van der Waals surface area (Å²) in [4.78, 5) is 40.2. The number of hydrogen-bond acceptors (Lipinski definition) is 7. The first-order valence-electron chi connectivity index (χ1n) is 25.0. The molecule has 0 fully saturated rings. The summed E-state index contributed by atoms with van der Waals surface area (Å²) >= 11 is 0. The molecule has 7 heteroatoms. The first kappa shape index (κ1) is 55.4. The van der Waals surface area contributed by atoms with Gasteiger partial charge in [-0.1, -0.05) is 189 Å². The van der Waals surface area contributed by atoms with E-state index < -0.39 is 0 Å². The van der Waals surface area contributed by atoms with Crippen molar-refractivity contribution in [3.63, 3.8) is 0 Å². The number of unbranched alkanes of at least 4 members (excludes halogenated alkanes) is 16. The maximum atomic E-state index is 13.1. The molecular weight excluding hydrogens is 711 g/mol. The number of esters is 3.